The first-order valence-corrected chi connectivity index (χ1v) is 13.6. The number of sulfonamides is 1. The number of ketones is 1. The maximum absolute atomic E-state index is 12.9. The zero-order valence-corrected chi connectivity index (χ0v) is 21.4. The molecule has 0 fully saturated rings. The van der Waals surface area contributed by atoms with Crippen LogP contribution in [0.5, 0.6) is 5.75 Å². The van der Waals surface area contributed by atoms with E-state index in [0.29, 0.717) is 43.1 Å². The van der Waals surface area contributed by atoms with Gasteiger partial charge in [-0.3, -0.25) is 4.79 Å². The van der Waals surface area contributed by atoms with E-state index in [4.69, 9.17) is 9.72 Å². The Morgan fingerprint density at radius 1 is 1.09 bits per heavy atom. The van der Waals surface area contributed by atoms with E-state index in [-0.39, 0.29) is 10.7 Å². The third kappa shape index (κ3) is 5.26. The first kappa shape index (κ1) is 25.3. The van der Waals surface area contributed by atoms with Gasteiger partial charge in [0.05, 0.1) is 22.5 Å². The van der Waals surface area contributed by atoms with Crippen molar-refractivity contribution >= 4 is 38.6 Å². The van der Waals surface area contributed by atoms with Gasteiger partial charge < -0.3 is 9.30 Å². The van der Waals surface area contributed by atoms with Crippen LogP contribution in [0.2, 0.25) is 0 Å². The lowest BCUT2D eigenvalue weighted by Gasteiger charge is -2.18. The zero-order valence-electron chi connectivity index (χ0n) is 19.8. The number of hydrogen-bond donors (Lipinski definition) is 0. The molecule has 3 aromatic rings. The minimum atomic E-state index is -3.55. The molecule has 178 valence electrons. The van der Waals surface area contributed by atoms with Gasteiger partial charge >= 0.3 is 0 Å². The van der Waals surface area contributed by atoms with Gasteiger partial charge in [-0.2, -0.15) is 4.31 Å². The van der Waals surface area contributed by atoms with Crippen LogP contribution in [0, 0.1) is 0 Å². The van der Waals surface area contributed by atoms with Crippen molar-refractivity contribution in [2.45, 2.75) is 57.0 Å². The van der Waals surface area contributed by atoms with Gasteiger partial charge in [0.1, 0.15) is 5.75 Å². The summed E-state index contributed by atoms with van der Waals surface area (Å²) < 4.78 is 35.1. The van der Waals surface area contributed by atoms with Crippen molar-refractivity contribution in [2.24, 2.45) is 0 Å². The molecule has 0 bridgehead atoms. The molecule has 33 heavy (non-hydrogen) atoms. The molecule has 0 aliphatic carbocycles. The van der Waals surface area contributed by atoms with Crippen LogP contribution >= 0.6 is 11.8 Å². The second-order valence-corrected chi connectivity index (χ2v) is 10.4. The Labute approximate surface area is 200 Å². The lowest BCUT2D eigenvalue weighted by molar-refractivity contribution is 0.101. The minimum absolute atomic E-state index is 0.00652. The predicted octanol–water partition coefficient (Wildman–Crippen LogP) is 4.98. The van der Waals surface area contributed by atoms with E-state index in [1.807, 2.05) is 45.9 Å². The highest BCUT2D eigenvalue weighted by molar-refractivity contribution is 7.98. The number of aryl methyl sites for hydroxylation is 1. The standard InChI is InChI=1S/C24H31N3O4S2/c1-6-26(7-2)33(29,30)20-11-12-22-21(15-20)25-24(27(22)8-3)32-16-19-14-18(17(5)28)10-13-23(19)31-9-4/h10-15H,6-9,16H2,1-5H3. The Balaban J connectivity index is 1.96. The Morgan fingerprint density at radius 2 is 1.82 bits per heavy atom. The Bertz CT molecular complexity index is 1250. The summed E-state index contributed by atoms with van der Waals surface area (Å²) >= 11 is 1.54. The quantitative estimate of drug-likeness (QED) is 0.279. The number of Topliss-reactive ketones (excluding diaryl/α,β-unsaturated/α-hetero) is 1. The van der Waals surface area contributed by atoms with Gasteiger partial charge in [0.25, 0.3) is 0 Å². The van der Waals surface area contributed by atoms with Crippen molar-refractivity contribution < 1.29 is 17.9 Å². The van der Waals surface area contributed by atoms with E-state index in [1.54, 1.807) is 36.9 Å². The van der Waals surface area contributed by atoms with Gasteiger partial charge in [-0.25, -0.2) is 13.4 Å². The van der Waals surface area contributed by atoms with E-state index < -0.39 is 10.0 Å². The van der Waals surface area contributed by atoms with Gasteiger partial charge in [0.15, 0.2) is 10.9 Å². The molecule has 1 heterocycles. The number of carbonyl (C=O) groups excluding carboxylic acids is 1. The monoisotopic (exact) mass is 489 g/mol. The van der Waals surface area contributed by atoms with Crippen LogP contribution < -0.4 is 4.74 Å². The zero-order chi connectivity index (χ0) is 24.2. The highest BCUT2D eigenvalue weighted by atomic mass is 32.2. The van der Waals surface area contributed by atoms with Crippen LogP contribution in [0.3, 0.4) is 0 Å². The fourth-order valence-corrected chi connectivity index (χ4v) is 6.26. The van der Waals surface area contributed by atoms with E-state index in [1.165, 1.54) is 4.31 Å². The molecule has 0 spiro atoms. The second-order valence-electron chi connectivity index (χ2n) is 7.48. The molecule has 0 saturated carbocycles. The van der Waals surface area contributed by atoms with Crippen LogP contribution in [-0.4, -0.2) is 47.8 Å². The summed E-state index contributed by atoms with van der Waals surface area (Å²) in [6.45, 7) is 11.2. The van der Waals surface area contributed by atoms with Crippen molar-refractivity contribution in [1.29, 1.82) is 0 Å². The lowest BCUT2D eigenvalue weighted by atomic mass is 10.1. The molecule has 0 N–H and O–H groups in total. The van der Waals surface area contributed by atoms with Gasteiger partial charge in [-0.15, -0.1) is 0 Å². The third-order valence-corrected chi connectivity index (χ3v) is 8.54. The smallest absolute Gasteiger partial charge is 0.243 e. The van der Waals surface area contributed by atoms with E-state index in [9.17, 15) is 13.2 Å². The number of benzene rings is 2. The predicted molar refractivity (Wildman–Crippen MR) is 133 cm³/mol. The topological polar surface area (TPSA) is 81.5 Å². The van der Waals surface area contributed by atoms with Gasteiger partial charge in [0.2, 0.25) is 10.0 Å². The molecule has 0 unspecified atom stereocenters. The molecular formula is C24H31N3O4S2. The molecule has 0 saturated heterocycles. The minimum Gasteiger partial charge on any atom is -0.494 e. The van der Waals surface area contributed by atoms with Crippen LogP contribution in [0.25, 0.3) is 11.0 Å². The Hall–Kier alpha value is -2.36. The van der Waals surface area contributed by atoms with Gasteiger partial charge in [-0.1, -0.05) is 25.6 Å². The number of nitrogens with zero attached hydrogens (tertiary/aromatic N) is 3. The number of imidazole rings is 1. The average Bonchev–Trinajstić information content (AvgIpc) is 3.15. The fourth-order valence-electron chi connectivity index (χ4n) is 3.73. The second kappa shape index (κ2) is 10.7. The Kier molecular flexibility index (Phi) is 8.20. The maximum Gasteiger partial charge on any atom is 0.243 e. The summed E-state index contributed by atoms with van der Waals surface area (Å²) in [7, 11) is -3.55. The Morgan fingerprint density at radius 3 is 2.42 bits per heavy atom. The van der Waals surface area contributed by atoms with Gasteiger partial charge in [-0.05, 0) is 57.2 Å². The molecule has 0 aliphatic rings. The van der Waals surface area contributed by atoms with Crippen LogP contribution in [0.15, 0.2) is 46.5 Å². The number of thioether (sulfide) groups is 1. The molecule has 1 aromatic heterocycles. The van der Waals surface area contributed by atoms with Crippen LogP contribution in [-0.2, 0) is 22.3 Å². The SMILES string of the molecule is CCOc1ccc(C(C)=O)cc1CSc1nc2cc(S(=O)(=O)N(CC)CC)ccc2n1CC. The molecule has 7 nitrogen and oxygen atoms in total. The highest BCUT2D eigenvalue weighted by Crippen LogP contribution is 2.32. The highest BCUT2D eigenvalue weighted by Gasteiger charge is 2.23. The summed E-state index contributed by atoms with van der Waals surface area (Å²) in [5.74, 6) is 1.33. The number of rotatable bonds is 11. The first-order chi connectivity index (χ1) is 15.8. The largest absolute Gasteiger partial charge is 0.494 e. The van der Waals surface area contributed by atoms with E-state index >= 15 is 0 Å². The van der Waals surface area contributed by atoms with E-state index in [0.717, 1.165) is 22.0 Å². The van der Waals surface area contributed by atoms with E-state index in [2.05, 4.69) is 4.57 Å². The summed E-state index contributed by atoms with van der Waals surface area (Å²) in [4.78, 5) is 16.9. The molecule has 2 aromatic carbocycles. The lowest BCUT2D eigenvalue weighted by Crippen LogP contribution is -2.30. The number of carbonyl (C=O) groups is 1. The van der Waals surface area contributed by atoms with Crippen molar-refractivity contribution in [2.75, 3.05) is 19.7 Å². The summed E-state index contributed by atoms with van der Waals surface area (Å²) in [5.41, 5.74) is 3.11. The molecule has 0 atom stereocenters. The van der Waals surface area contributed by atoms with Gasteiger partial charge in [0, 0.05) is 36.5 Å². The molecule has 0 aliphatic heterocycles. The number of ether oxygens (including phenoxy) is 1. The summed E-state index contributed by atoms with van der Waals surface area (Å²) in [5, 5.41) is 0.792. The van der Waals surface area contributed by atoms with Crippen LogP contribution in [0.4, 0.5) is 0 Å². The van der Waals surface area contributed by atoms with Crippen molar-refractivity contribution in [3.8, 4) is 5.75 Å². The summed E-state index contributed by atoms with van der Waals surface area (Å²) in [6.07, 6.45) is 0. The number of hydrogen-bond acceptors (Lipinski definition) is 6. The normalized spacial score (nSPS) is 11.9. The van der Waals surface area contributed by atoms with Crippen LogP contribution in [0.1, 0.15) is 50.5 Å². The molecule has 3 rings (SSSR count). The van der Waals surface area contributed by atoms with Crippen molar-refractivity contribution in [3.63, 3.8) is 0 Å². The summed E-state index contributed by atoms with van der Waals surface area (Å²) in [6, 6.07) is 10.6. The average molecular weight is 490 g/mol. The number of fused-ring (bicyclic) bond motifs is 1. The first-order valence-electron chi connectivity index (χ1n) is 11.2. The number of aromatic nitrogens is 2. The molecule has 9 heteroatoms. The van der Waals surface area contributed by atoms with Crippen molar-refractivity contribution in [3.05, 3.63) is 47.5 Å². The fraction of sp³-hybridized carbons (Fsp3) is 0.417. The molecular weight excluding hydrogens is 458 g/mol. The maximum atomic E-state index is 12.9. The molecule has 0 amide bonds. The third-order valence-electron chi connectivity index (χ3n) is 5.47. The molecule has 0 radical (unpaired) electrons. The van der Waals surface area contributed by atoms with Crippen molar-refractivity contribution in [1.82, 2.24) is 13.9 Å².